The molecule has 0 aliphatic rings. The zero-order valence-corrected chi connectivity index (χ0v) is 12.1. The number of aromatic nitrogens is 1. The van der Waals surface area contributed by atoms with Crippen molar-refractivity contribution < 1.29 is 18.7 Å². The monoisotopic (exact) mass is 298 g/mol. The normalized spacial score (nSPS) is 12.4. The van der Waals surface area contributed by atoms with E-state index in [-0.39, 0.29) is 6.42 Å². The highest BCUT2D eigenvalue weighted by Gasteiger charge is 2.24. The van der Waals surface area contributed by atoms with Gasteiger partial charge in [0.05, 0.1) is 6.20 Å². The van der Waals surface area contributed by atoms with Crippen molar-refractivity contribution in [3.05, 3.63) is 29.8 Å². The van der Waals surface area contributed by atoms with Gasteiger partial charge in [-0.2, -0.15) is 0 Å². The van der Waals surface area contributed by atoms with E-state index in [0.717, 1.165) is 6.20 Å². The van der Waals surface area contributed by atoms with Gasteiger partial charge >= 0.3 is 6.09 Å². The van der Waals surface area contributed by atoms with E-state index >= 15 is 0 Å². The molecule has 8 heteroatoms. The van der Waals surface area contributed by atoms with E-state index in [1.165, 1.54) is 12.1 Å². The third-order valence-corrected chi connectivity index (χ3v) is 2.35. The molecule has 0 spiro atoms. The van der Waals surface area contributed by atoms with E-state index < -0.39 is 29.5 Å². The molecule has 21 heavy (non-hydrogen) atoms. The summed E-state index contributed by atoms with van der Waals surface area (Å²) in [5, 5.41) is 2.40. The molecule has 0 aliphatic carbocycles. The number of rotatable bonds is 4. The molecule has 2 amide bonds. The minimum Gasteiger partial charge on any atom is -0.444 e. The first kappa shape index (κ1) is 16.8. The van der Waals surface area contributed by atoms with Crippen LogP contribution in [-0.2, 0) is 16.0 Å². The summed E-state index contributed by atoms with van der Waals surface area (Å²) in [6.07, 6.45) is 0.334. The maximum atomic E-state index is 12.8. The summed E-state index contributed by atoms with van der Waals surface area (Å²) < 4.78 is 17.9. The van der Waals surface area contributed by atoms with Gasteiger partial charge in [-0.15, -0.1) is 0 Å². The fourth-order valence-electron chi connectivity index (χ4n) is 1.50. The van der Waals surface area contributed by atoms with Gasteiger partial charge in [-0.05, 0) is 32.9 Å². The SMILES string of the molecule is CC(C)(C)OC(=O)N[C@H](Cc1ccc(F)cn1)C(=O)NN. The molecule has 0 saturated carbocycles. The molecular weight excluding hydrogens is 279 g/mol. The maximum Gasteiger partial charge on any atom is 0.408 e. The number of nitrogens with one attached hydrogen (secondary N) is 2. The molecule has 1 aromatic rings. The first-order chi connectivity index (χ1) is 9.71. The van der Waals surface area contributed by atoms with E-state index in [2.05, 4.69) is 10.3 Å². The smallest absolute Gasteiger partial charge is 0.408 e. The number of amides is 2. The van der Waals surface area contributed by atoms with Crippen LogP contribution in [0, 0.1) is 5.82 Å². The average molecular weight is 298 g/mol. The van der Waals surface area contributed by atoms with Crippen molar-refractivity contribution in [3.63, 3.8) is 0 Å². The summed E-state index contributed by atoms with van der Waals surface area (Å²) in [5.41, 5.74) is 1.69. The van der Waals surface area contributed by atoms with Crippen molar-refractivity contribution in [3.8, 4) is 0 Å². The van der Waals surface area contributed by atoms with Crippen molar-refractivity contribution >= 4 is 12.0 Å². The lowest BCUT2D eigenvalue weighted by Crippen LogP contribution is -2.51. The molecule has 0 bridgehead atoms. The van der Waals surface area contributed by atoms with Crippen molar-refractivity contribution in [1.82, 2.24) is 15.7 Å². The van der Waals surface area contributed by atoms with E-state index in [1.807, 2.05) is 5.43 Å². The first-order valence-electron chi connectivity index (χ1n) is 6.31. The number of pyridine rings is 1. The molecule has 1 aromatic heterocycles. The molecule has 1 atom stereocenters. The maximum absolute atomic E-state index is 12.8. The van der Waals surface area contributed by atoms with Gasteiger partial charge in [0.2, 0.25) is 0 Å². The third kappa shape index (κ3) is 6.17. The minimum atomic E-state index is -0.970. The Hall–Kier alpha value is -2.22. The van der Waals surface area contributed by atoms with Gasteiger partial charge in [0.15, 0.2) is 0 Å². The Kier molecular flexibility index (Phi) is 5.60. The van der Waals surface area contributed by atoms with Gasteiger partial charge in [-0.3, -0.25) is 15.2 Å². The topological polar surface area (TPSA) is 106 Å². The van der Waals surface area contributed by atoms with Crippen LogP contribution in [0.2, 0.25) is 0 Å². The van der Waals surface area contributed by atoms with Crippen LogP contribution < -0.4 is 16.6 Å². The summed E-state index contributed by atoms with van der Waals surface area (Å²) >= 11 is 0. The zero-order chi connectivity index (χ0) is 16.0. The van der Waals surface area contributed by atoms with Gasteiger partial charge in [0.25, 0.3) is 5.91 Å². The third-order valence-electron chi connectivity index (χ3n) is 2.35. The van der Waals surface area contributed by atoms with E-state index in [4.69, 9.17) is 10.6 Å². The summed E-state index contributed by atoms with van der Waals surface area (Å²) in [5.74, 6) is 3.99. The minimum absolute atomic E-state index is 0.0581. The van der Waals surface area contributed by atoms with Gasteiger partial charge in [0.1, 0.15) is 17.5 Å². The molecule has 1 heterocycles. The quantitative estimate of drug-likeness (QED) is 0.430. The van der Waals surface area contributed by atoms with Crippen LogP contribution in [0.5, 0.6) is 0 Å². The Morgan fingerprint density at radius 2 is 2.10 bits per heavy atom. The molecule has 0 unspecified atom stereocenters. The number of carbonyl (C=O) groups excluding carboxylic acids is 2. The number of nitrogens with zero attached hydrogens (tertiary/aromatic N) is 1. The Labute approximate surface area is 122 Å². The van der Waals surface area contributed by atoms with E-state index in [0.29, 0.717) is 5.69 Å². The summed E-state index contributed by atoms with van der Waals surface area (Å²) in [6.45, 7) is 5.10. The Balaban J connectivity index is 2.74. The number of hydrogen-bond donors (Lipinski definition) is 3. The molecule has 4 N–H and O–H groups in total. The van der Waals surface area contributed by atoms with Crippen LogP contribution in [-0.4, -0.2) is 28.6 Å². The van der Waals surface area contributed by atoms with Crippen molar-refractivity contribution in [2.75, 3.05) is 0 Å². The van der Waals surface area contributed by atoms with Crippen LogP contribution in [0.25, 0.3) is 0 Å². The molecule has 1 rings (SSSR count). The van der Waals surface area contributed by atoms with Gasteiger partial charge < -0.3 is 10.1 Å². The second kappa shape index (κ2) is 6.98. The second-order valence-corrected chi connectivity index (χ2v) is 5.38. The number of hydrogen-bond acceptors (Lipinski definition) is 5. The van der Waals surface area contributed by atoms with Crippen molar-refractivity contribution in [2.45, 2.75) is 38.8 Å². The van der Waals surface area contributed by atoms with Gasteiger partial charge in [-0.1, -0.05) is 0 Å². The van der Waals surface area contributed by atoms with E-state index in [9.17, 15) is 14.0 Å². The largest absolute Gasteiger partial charge is 0.444 e. The number of halogens is 1. The predicted octanol–water partition coefficient (Wildman–Crippen LogP) is 0.646. The van der Waals surface area contributed by atoms with Crippen LogP contribution >= 0.6 is 0 Å². The molecule has 0 fully saturated rings. The highest BCUT2D eigenvalue weighted by atomic mass is 19.1. The fraction of sp³-hybridized carbons (Fsp3) is 0.462. The molecule has 0 aliphatic heterocycles. The molecule has 0 saturated heterocycles. The Morgan fingerprint density at radius 3 is 2.57 bits per heavy atom. The zero-order valence-electron chi connectivity index (χ0n) is 12.1. The standard InChI is InChI=1S/C13H19FN4O3/c1-13(2,3)21-12(20)17-10(11(19)18-15)6-9-5-4-8(14)7-16-9/h4-5,7,10H,6,15H2,1-3H3,(H,17,20)(H,18,19)/t10-/m1/s1. The van der Waals surface area contributed by atoms with Gasteiger partial charge in [0, 0.05) is 12.1 Å². The summed E-state index contributed by atoms with van der Waals surface area (Å²) in [7, 11) is 0. The number of carbonyl (C=O) groups is 2. The Morgan fingerprint density at radius 1 is 1.43 bits per heavy atom. The first-order valence-corrected chi connectivity index (χ1v) is 6.31. The second-order valence-electron chi connectivity index (χ2n) is 5.38. The summed E-state index contributed by atoms with van der Waals surface area (Å²) in [6, 6.07) is 1.67. The highest BCUT2D eigenvalue weighted by molar-refractivity contribution is 5.85. The van der Waals surface area contributed by atoms with Crippen LogP contribution in [0.15, 0.2) is 18.3 Å². The summed E-state index contributed by atoms with van der Waals surface area (Å²) in [4.78, 5) is 27.2. The van der Waals surface area contributed by atoms with Crippen LogP contribution in [0.3, 0.4) is 0 Å². The van der Waals surface area contributed by atoms with Gasteiger partial charge in [-0.25, -0.2) is 15.0 Å². The lowest BCUT2D eigenvalue weighted by molar-refractivity contribution is -0.123. The molecule has 116 valence electrons. The van der Waals surface area contributed by atoms with Crippen molar-refractivity contribution in [1.29, 1.82) is 0 Å². The van der Waals surface area contributed by atoms with Crippen LogP contribution in [0.4, 0.5) is 9.18 Å². The lowest BCUT2D eigenvalue weighted by Gasteiger charge is -2.22. The molecule has 0 radical (unpaired) electrons. The average Bonchev–Trinajstić information content (AvgIpc) is 2.37. The molecular formula is C13H19FN4O3. The van der Waals surface area contributed by atoms with E-state index in [1.54, 1.807) is 20.8 Å². The lowest BCUT2D eigenvalue weighted by atomic mass is 10.1. The number of hydrazine groups is 1. The number of alkyl carbamates (subject to hydrolysis) is 1. The van der Waals surface area contributed by atoms with Crippen molar-refractivity contribution in [2.24, 2.45) is 5.84 Å². The fourth-order valence-corrected chi connectivity index (χ4v) is 1.50. The molecule has 0 aromatic carbocycles. The van der Waals surface area contributed by atoms with Crippen LogP contribution in [0.1, 0.15) is 26.5 Å². The Bertz CT molecular complexity index is 499. The number of nitrogens with two attached hydrogens (primary N) is 1. The molecule has 7 nitrogen and oxygen atoms in total. The number of ether oxygens (including phenoxy) is 1. The predicted molar refractivity (Wildman–Crippen MR) is 73.4 cm³/mol. The highest BCUT2D eigenvalue weighted by Crippen LogP contribution is 2.08.